The number of hydrogen-bond acceptors (Lipinski definition) is 4. The van der Waals surface area contributed by atoms with E-state index in [-0.39, 0.29) is 11.9 Å². The second kappa shape index (κ2) is 8.20. The molecule has 0 bridgehead atoms. The van der Waals surface area contributed by atoms with E-state index in [9.17, 15) is 5.26 Å². The van der Waals surface area contributed by atoms with Crippen LogP contribution in [0.5, 0.6) is 5.75 Å². The molecule has 138 valence electrons. The van der Waals surface area contributed by atoms with Crippen LogP contribution in [-0.4, -0.2) is 6.10 Å². The number of nitriles is 1. The summed E-state index contributed by atoms with van der Waals surface area (Å²) in [6.45, 7) is 0. The summed E-state index contributed by atoms with van der Waals surface area (Å²) in [5.74, 6) is 1.01. The van der Waals surface area contributed by atoms with Crippen molar-refractivity contribution in [2.45, 2.75) is 12.5 Å². The molecule has 4 rings (SSSR count). The highest BCUT2D eigenvalue weighted by Gasteiger charge is 2.19. The van der Waals surface area contributed by atoms with E-state index in [1.165, 1.54) is 0 Å². The highest BCUT2D eigenvalue weighted by atomic mass is 79.9. The molecule has 2 aliphatic rings. The van der Waals surface area contributed by atoms with Crippen molar-refractivity contribution in [2.24, 2.45) is 0 Å². The summed E-state index contributed by atoms with van der Waals surface area (Å²) in [6.07, 6.45) is 10.6. The molecule has 2 aromatic rings. The number of hydrogen-bond donors (Lipinski definition) is 1. The standard InChI is InChI=1S/C23H17BrN2O2/c24-18-6-4-5-17(13-18)21-15-27-22(14-25)23(26-21)16-9-11-20(12-10-16)28-19-7-2-1-3-8-19/h1-7,9-13,15,19,26H,8H2. The third-order valence-corrected chi connectivity index (χ3v) is 4.88. The first-order valence-electron chi connectivity index (χ1n) is 8.87. The zero-order valence-electron chi connectivity index (χ0n) is 14.9. The Labute approximate surface area is 172 Å². The van der Waals surface area contributed by atoms with Crippen molar-refractivity contribution in [3.63, 3.8) is 0 Å². The molecule has 1 atom stereocenters. The van der Waals surface area contributed by atoms with E-state index < -0.39 is 0 Å². The molecule has 0 saturated carbocycles. The van der Waals surface area contributed by atoms with Gasteiger partial charge in [-0.05, 0) is 42.5 Å². The van der Waals surface area contributed by atoms with Crippen LogP contribution in [0.3, 0.4) is 0 Å². The Morgan fingerprint density at radius 3 is 2.68 bits per heavy atom. The Kier molecular flexibility index (Phi) is 5.31. The first-order chi connectivity index (χ1) is 13.7. The Morgan fingerprint density at radius 2 is 1.96 bits per heavy atom. The van der Waals surface area contributed by atoms with E-state index in [2.05, 4.69) is 33.4 Å². The molecule has 0 radical (unpaired) electrons. The van der Waals surface area contributed by atoms with Gasteiger partial charge in [0.1, 0.15) is 29.9 Å². The Bertz CT molecular complexity index is 1040. The minimum atomic E-state index is 0.0481. The summed E-state index contributed by atoms with van der Waals surface area (Å²) in [7, 11) is 0. The highest BCUT2D eigenvalue weighted by molar-refractivity contribution is 9.10. The lowest BCUT2D eigenvalue weighted by Gasteiger charge is -2.21. The molecular weight excluding hydrogens is 416 g/mol. The van der Waals surface area contributed by atoms with Gasteiger partial charge in [-0.3, -0.25) is 0 Å². The van der Waals surface area contributed by atoms with Gasteiger partial charge in [0.15, 0.2) is 0 Å². The molecule has 28 heavy (non-hydrogen) atoms. The number of nitrogens with one attached hydrogen (secondary N) is 1. The molecule has 1 N–H and O–H groups in total. The van der Waals surface area contributed by atoms with Crippen LogP contribution in [0.4, 0.5) is 0 Å². The summed E-state index contributed by atoms with van der Waals surface area (Å²) in [5.41, 5.74) is 3.23. The fourth-order valence-corrected chi connectivity index (χ4v) is 3.40. The molecule has 0 aromatic heterocycles. The number of allylic oxidation sites excluding steroid dienone is 3. The summed E-state index contributed by atoms with van der Waals surface area (Å²) < 4.78 is 12.5. The molecule has 0 saturated heterocycles. The minimum absolute atomic E-state index is 0.0481. The van der Waals surface area contributed by atoms with Gasteiger partial charge in [0.05, 0.1) is 5.70 Å². The lowest BCUT2D eigenvalue weighted by molar-refractivity contribution is 0.251. The minimum Gasteiger partial charge on any atom is -0.486 e. The summed E-state index contributed by atoms with van der Waals surface area (Å²) in [6, 6.07) is 17.6. The van der Waals surface area contributed by atoms with Crippen LogP contribution < -0.4 is 10.1 Å². The largest absolute Gasteiger partial charge is 0.486 e. The molecule has 0 fully saturated rings. The average Bonchev–Trinajstić information content (AvgIpc) is 2.74. The van der Waals surface area contributed by atoms with Gasteiger partial charge in [0.25, 0.3) is 0 Å². The zero-order valence-corrected chi connectivity index (χ0v) is 16.5. The van der Waals surface area contributed by atoms with Crippen molar-refractivity contribution in [1.29, 1.82) is 5.26 Å². The van der Waals surface area contributed by atoms with Crippen molar-refractivity contribution in [1.82, 2.24) is 5.32 Å². The Hall–Kier alpha value is -3.23. The van der Waals surface area contributed by atoms with Crippen molar-refractivity contribution in [2.75, 3.05) is 0 Å². The van der Waals surface area contributed by atoms with Gasteiger partial charge < -0.3 is 14.8 Å². The predicted octanol–water partition coefficient (Wildman–Crippen LogP) is 5.52. The molecular formula is C23H17BrN2O2. The van der Waals surface area contributed by atoms with E-state index in [0.717, 1.165) is 33.5 Å². The van der Waals surface area contributed by atoms with Crippen LogP contribution in [0.2, 0.25) is 0 Å². The normalized spacial score (nSPS) is 18.0. The maximum atomic E-state index is 9.45. The van der Waals surface area contributed by atoms with Crippen molar-refractivity contribution in [3.05, 3.63) is 100 Å². The van der Waals surface area contributed by atoms with Crippen LogP contribution in [0.1, 0.15) is 17.5 Å². The quantitative estimate of drug-likeness (QED) is 0.690. The van der Waals surface area contributed by atoms with Gasteiger partial charge in [-0.15, -0.1) is 0 Å². The van der Waals surface area contributed by atoms with Gasteiger partial charge in [-0.25, -0.2) is 0 Å². The monoisotopic (exact) mass is 432 g/mol. The van der Waals surface area contributed by atoms with E-state index in [1.54, 1.807) is 6.26 Å². The van der Waals surface area contributed by atoms with Gasteiger partial charge in [-0.2, -0.15) is 5.26 Å². The molecule has 5 heteroatoms. The molecule has 0 amide bonds. The van der Waals surface area contributed by atoms with Crippen LogP contribution >= 0.6 is 15.9 Å². The second-order valence-electron chi connectivity index (χ2n) is 6.33. The highest BCUT2D eigenvalue weighted by Crippen LogP contribution is 2.29. The SMILES string of the molecule is N#CC1=C(c2ccc(OC3C=CC=CC3)cc2)NC(c2cccc(Br)c2)=CO1. The van der Waals surface area contributed by atoms with Crippen molar-refractivity contribution < 1.29 is 9.47 Å². The molecule has 1 unspecified atom stereocenters. The Morgan fingerprint density at radius 1 is 1.11 bits per heavy atom. The molecule has 1 aliphatic carbocycles. The average molecular weight is 433 g/mol. The summed E-state index contributed by atoms with van der Waals surface area (Å²) >= 11 is 3.48. The third kappa shape index (κ3) is 4.03. The van der Waals surface area contributed by atoms with Crippen molar-refractivity contribution in [3.8, 4) is 11.8 Å². The first-order valence-corrected chi connectivity index (χ1v) is 9.67. The number of halogens is 1. The number of nitrogens with zero attached hydrogens (tertiary/aromatic N) is 1. The molecule has 4 nitrogen and oxygen atoms in total. The lowest BCUT2D eigenvalue weighted by Crippen LogP contribution is -2.18. The lowest BCUT2D eigenvalue weighted by atomic mass is 10.1. The van der Waals surface area contributed by atoms with Gasteiger partial charge >= 0.3 is 0 Å². The number of rotatable bonds is 4. The van der Waals surface area contributed by atoms with Crippen LogP contribution in [0.15, 0.2) is 89.3 Å². The fraction of sp³-hybridized carbons (Fsp3) is 0.0870. The third-order valence-electron chi connectivity index (χ3n) is 4.39. The van der Waals surface area contributed by atoms with E-state index in [1.807, 2.05) is 66.8 Å². The molecule has 1 aliphatic heterocycles. The molecule has 0 spiro atoms. The van der Waals surface area contributed by atoms with E-state index >= 15 is 0 Å². The molecule has 2 aromatic carbocycles. The molecule has 1 heterocycles. The van der Waals surface area contributed by atoms with Crippen LogP contribution in [-0.2, 0) is 4.74 Å². The number of benzene rings is 2. The predicted molar refractivity (Wildman–Crippen MR) is 113 cm³/mol. The van der Waals surface area contributed by atoms with Gasteiger partial charge in [0.2, 0.25) is 5.76 Å². The van der Waals surface area contributed by atoms with E-state index in [4.69, 9.17) is 9.47 Å². The fourth-order valence-electron chi connectivity index (χ4n) is 3.00. The maximum absolute atomic E-state index is 9.45. The zero-order chi connectivity index (χ0) is 19.3. The van der Waals surface area contributed by atoms with Gasteiger partial charge in [0, 0.05) is 22.0 Å². The number of ether oxygens (including phenoxy) is 2. The maximum Gasteiger partial charge on any atom is 0.227 e. The van der Waals surface area contributed by atoms with E-state index in [0.29, 0.717) is 5.70 Å². The van der Waals surface area contributed by atoms with Gasteiger partial charge in [-0.1, -0.05) is 46.3 Å². The Balaban J connectivity index is 1.54. The topological polar surface area (TPSA) is 54.3 Å². The van der Waals surface area contributed by atoms with Crippen molar-refractivity contribution >= 4 is 27.3 Å². The second-order valence-corrected chi connectivity index (χ2v) is 7.25. The summed E-state index contributed by atoms with van der Waals surface area (Å²) in [5, 5.41) is 12.8. The van der Waals surface area contributed by atoms with Crippen LogP contribution in [0, 0.1) is 11.3 Å². The first kappa shape index (κ1) is 18.1. The summed E-state index contributed by atoms with van der Waals surface area (Å²) in [4.78, 5) is 0. The van der Waals surface area contributed by atoms with Crippen LogP contribution in [0.25, 0.3) is 11.4 Å². The smallest absolute Gasteiger partial charge is 0.227 e.